The molecule has 0 saturated heterocycles. The maximum Gasteiger partial charge on any atom is 0.267 e. The minimum Gasteiger partial charge on any atom is -0.290 e. The van der Waals surface area contributed by atoms with E-state index >= 15 is 0 Å². The maximum absolute atomic E-state index is 11.5. The Morgan fingerprint density at radius 1 is 1.38 bits per heavy atom. The zero-order chi connectivity index (χ0) is 11.7. The Balaban J connectivity index is 2.56. The number of nitrogens with one attached hydrogen (secondary N) is 1. The fourth-order valence-corrected chi connectivity index (χ4v) is 1.71. The number of hydrogen-bond acceptors (Lipinski definition) is 4. The van der Waals surface area contributed by atoms with Gasteiger partial charge < -0.3 is 0 Å². The topological polar surface area (TPSA) is 90.8 Å². The number of amides is 1. The number of aryl methyl sites for hydroxylation is 1. The molecule has 0 saturated carbocycles. The largest absolute Gasteiger partial charge is 0.290 e. The van der Waals surface area contributed by atoms with E-state index in [0.29, 0.717) is 5.56 Å². The molecule has 2 rings (SSSR count). The van der Waals surface area contributed by atoms with Crippen LogP contribution in [0.25, 0.3) is 0 Å². The van der Waals surface area contributed by atoms with Crippen LogP contribution in [0.4, 0.5) is 0 Å². The summed E-state index contributed by atoms with van der Waals surface area (Å²) in [6.07, 6.45) is 3.12. The number of nitrogens with zero attached hydrogens (tertiary/aromatic N) is 4. The maximum atomic E-state index is 11.5. The summed E-state index contributed by atoms with van der Waals surface area (Å²) in [5.41, 5.74) is 4.33. The van der Waals surface area contributed by atoms with Gasteiger partial charge in [-0.3, -0.25) is 14.9 Å². The van der Waals surface area contributed by atoms with Crippen molar-refractivity contribution >= 4 is 5.91 Å². The molecule has 0 spiro atoms. The molecule has 0 fully saturated rings. The van der Waals surface area contributed by atoms with Gasteiger partial charge in [0, 0.05) is 5.69 Å². The van der Waals surface area contributed by atoms with Gasteiger partial charge >= 0.3 is 0 Å². The van der Waals surface area contributed by atoms with Crippen LogP contribution in [-0.2, 0) is 0 Å². The third kappa shape index (κ3) is 1.47. The molecule has 3 N–H and O–H groups in total. The highest BCUT2D eigenvalue weighted by atomic mass is 16.2. The summed E-state index contributed by atoms with van der Waals surface area (Å²) in [7, 11) is 0. The van der Waals surface area contributed by atoms with Crippen LogP contribution in [-0.4, -0.2) is 25.5 Å². The molecule has 7 nitrogen and oxygen atoms in total. The van der Waals surface area contributed by atoms with E-state index in [0.717, 1.165) is 11.4 Å². The van der Waals surface area contributed by atoms with Crippen LogP contribution in [0.2, 0.25) is 0 Å². The van der Waals surface area contributed by atoms with Gasteiger partial charge in [-0.15, -0.1) is 10.2 Å². The molecule has 0 unspecified atom stereocenters. The first kappa shape index (κ1) is 10.4. The van der Waals surface area contributed by atoms with Gasteiger partial charge in [0.25, 0.3) is 5.91 Å². The summed E-state index contributed by atoms with van der Waals surface area (Å²) in [5, 5.41) is 7.44. The molecule has 7 heteroatoms. The molecule has 2 aromatic rings. The van der Waals surface area contributed by atoms with Crippen LogP contribution < -0.4 is 11.3 Å². The quantitative estimate of drug-likeness (QED) is 0.409. The van der Waals surface area contributed by atoms with Crippen LogP contribution in [0.15, 0.2) is 18.7 Å². The van der Waals surface area contributed by atoms with Gasteiger partial charge in [0.15, 0.2) is 0 Å². The van der Waals surface area contributed by atoms with E-state index in [1.165, 1.54) is 0 Å². The molecule has 0 aliphatic rings. The third-order valence-corrected chi connectivity index (χ3v) is 2.41. The van der Waals surface area contributed by atoms with Crippen molar-refractivity contribution in [2.24, 2.45) is 5.84 Å². The van der Waals surface area contributed by atoms with Gasteiger partial charge in [0.1, 0.15) is 12.7 Å². The van der Waals surface area contributed by atoms with Gasteiger partial charge in [-0.1, -0.05) is 0 Å². The number of hydrazine groups is 1. The standard InChI is InChI=1S/C9H12N6O/c1-6-3-8(9(16)13-10)7(2)15(6)14-4-11-12-5-14/h3-5H,10H2,1-2H3,(H,13,16). The number of carbonyl (C=O) groups excluding carboxylic acids is 1. The minimum atomic E-state index is -0.313. The zero-order valence-corrected chi connectivity index (χ0v) is 9.01. The molecule has 0 aromatic carbocycles. The second kappa shape index (κ2) is 3.78. The van der Waals surface area contributed by atoms with E-state index < -0.39 is 0 Å². The molecule has 2 aromatic heterocycles. The molecule has 0 bridgehead atoms. The van der Waals surface area contributed by atoms with Gasteiger partial charge in [-0.05, 0) is 19.9 Å². The molecule has 0 atom stereocenters. The predicted molar refractivity (Wildman–Crippen MR) is 56.4 cm³/mol. The Hall–Kier alpha value is -2.15. The summed E-state index contributed by atoms with van der Waals surface area (Å²) in [6.45, 7) is 3.72. The van der Waals surface area contributed by atoms with E-state index in [4.69, 9.17) is 5.84 Å². The summed E-state index contributed by atoms with van der Waals surface area (Å²) < 4.78 is 3.52. The van der Waals surface area contributed by atoms with Gasteiger partial charge in [-0.2, -0.15) is 0 Å². The molecule has 2 heterocycles. The second-order valence-corrected chi connectivity index (χ2v) is 3.41. The summed E-state index contributed by atoms with van der Waals surface area (Å²) in [5.74, 6) is 4.80. The fourth-order valence-electron chi connectivity index (χ4n) is 1.71. The highest BCUT2D eigenvalue weighted by Crippen LogP contribution is 2.14. The number of aromatic nitrogens is 4. The van der Waals surface area contributed by atoms with Crippen molar-refractivity contribution in [3.05, 3.63) is 35.7 Å². The average molecular weight is 220 g/mol. The Kier molecular flexibility index (Phi) is 2.45. The Bertz CT molecular complexity index is 512. The first-order valence-electron chi connectivity index (χ1n) is 4.70. The molecular weight excluding hydrogens is 208 g/mol. The summed E-state index contributed by atoms with van der Waals surface area (Å²) >= 11 is 0. The number of nitrogens with two attached hydrogens (primary N) is 1. The highest BCUT2D eigenvalue weighted by molar-refractivity contribution is 5.95. The Morgan fingerprint density at radius 2 is 2.00 bits per heavy atom. The fraction of sp³-hybridized carbons (Fsp3) is 0.222. The highest BCUT2D eigenvalue weighted by Gasteiger charge is 2.15. The van der Waals surface area contributed by atoms with E-state index in [2.05, 4.69) is 15.6 Å². The predicted octanol–water partition coefficient (Wildman–Crippen LogP) is -0.389. The molecule has 0 aliphatic heterocycles. The molecule has 1 amide bonds. The lowest BCUT2D eigenvalue weighted by Gasteiger charge is -2.08. The van der Waals surface area contributed by atoms with Crippen molar-refractivity contribution in [3.63, 3.8) is 0 Å². The van der Waals surface area contributed by atoms with Crippen LogP contribution in [0, 0.1) is 13.8 Å². The van der Waals surface area contributed by atoms with Crippen molar-refractivity contribution in [1.29, 1.82) is 0 Å². The van der Waals surface area contributed by atoms with Crippen molar-refractivity contribution in [2.45, 2.75) is 13.8 Å². The zero-order valence-electron chi connectivity index (χ0n) is 9.01. The lowest BCUT2D eigenvalue weighted by Crippen LogP contribution is -2.30. The molecule has 0 aliphatic carbocycles. The van der Waals surface area contributed by atoms with Crippen molar-refractivity contribution in [1.82, 2.24) is 25.0 Å². The van der Waals surface area contributed by atoms with Gasteiger partial charge in [-0.25, -0.2) is 10.5 Å². The van der Waals surface area contributed by atoms with Gasteiger partial charge in [0.2, 0.25) is 0 Å². The molecule has 16 heavy (non-hydrogen) atoms. The number of hydrogen-bond donors (Lipinski definition) is 2. The van der Waals surface area contributed by atoms with Crippen LogP contribution in [0.5, 0.6) is 0 Å². The monoisotopic (exact) mass is 220 g/mol. The number of carbonyl (C=O) groups is 1. The SMILES string of the molecule is Cc1cc(C(=O)NN)c(C)n1-n1cnnc1. The second-order valence-electron chi connectivity index (χ2n) is 3.41. The molecule has 0 radical (unpaired) electrons. The average Bonchev–Trinajstić information content (AvgIpc) is 2.86. The van der Waals surface area contributed by atoms with Crippen LogP contribution >= 0.6 is 0 Å². The van der Waals surface area contributed by atoms with Crippen LogP contribution in [0.1, 0.15) is 21.7 Å². The van der Waals surface area contributed by atoms with Crippen molar-refractivity contribution in [3.8, 4) is 0 Å². The lowest BCUT2D eigenvalue weighted by atomic mass is 10.2. The van der Waals surface area contributed by atoms with E-state index in [-0.39, 0.29) is 5.91 Å². The van der Waals surface area contributed by atoms with E-state index in [1.54, 1.807) is 23.4 Å². The summed E-state index contributed by atoms with van der Waals surface area (Å²) in [4.78, 5) is 11.5. The lowest BCUT2D eigenvalue weighted by molar-refractivity contribution is 0.0953. The van der Waals surface area contributed by atoms with Crippen molar-refractivity contribution in [2.75, 3.05) is 0 Å². The Labute approximate surface area is 91.8 Å². The Morgan fingerprint density at radius 3 is 2.56 bits per heavy atom. The smallest absolute Gasteiger partial charge is 0.267 e. The summed E-state index contributed by atoms with van der Waals surface area (Å²) in [6, 6.07) is 1.76. The first-order chi connectivity index (χ1) is 7.65. The van der Waals surface area contributed by atoms with Crippen molar-refractivity contribution < 1.29 is 4.79 Å². The minimum absolute atomic E-state index is 0.313. The van der Waals surface area contributed by atoms with Crippen LogP contribution in [0.3, 0.4) is 0 Å². The third-order valence-electron chi connectivity index (χ3n) is 2.41. The number of rotatable bonds is 2. The number of nitrogen functional groups attached to an aromatic ring is 1. The van der Waals surface area contributed by atoms with Gasteiger partial charge in [0.05, 0.1) is 11.3 Å². The molecular formula is C9H12N6O. The molecule has 84 valence electrons. The van der Waals surface area contributed by atoms with E-state index in [9.17, 15) is 4.79 Å². The first-order valence-corrected chi connectivity index (χ1v) is 4.70. The normalized spacial score (nSPS) is 10.4. The van der Waals surface area contributed by atoms with E-state index in [1.807, 2.05) is 18.5 Å².